The number of imidazole rings is 1. The minimum Gasteiger partial charge on any atom is -0.478 e. The van der Waals surface area contributed by atoms with Gasteiger partial charge in [0.25, 0.3) is 0 Å². The number of carbonyl (C=O) groups excluding carboxylic acids is 1. The number of aromatic nitrogens is 2. The van der Waals surface area contributed by atoms with Crippen molar-refractivity contribution in [3.8, 4) is 0 Å². The van der Waals surface area contributed by atoms with Gasteiger partial charge in [-0.2, -0.15) is 0 Å². The van der Waals surface area contributed by atoms with Crippen LogP contribution in [-0.4, -0.2) is 26.4 Å². The van der Waals surface area contributed by atoms with Crippen molar-refractivity contribution in [3.63, 3.8) is 0 Å². The first kappa shape index (κ1) is 14.0. The molecule has 1 unspecified atom stereocenters. The van der Waals surface area contributed by atoms with Crippen molar-refractivity contribution in [1.29, 1.82) is 0 Å². The average molecular weight is 294 g/mol. The third-order valence-corrected chi connectivity index (χ3v) is 3.79. The molecular weight excluding hydrogens is 280 g/mol. The Hall–Kier alpha value is -2.95. The van der Waals surface area contributed by atoms with E-state index >= 15 is 0 Å². The number of allylic oxidation sites excluding steroid dienone is 4. The van der Waals surface area contributed by atoms with Crippen LogP contribution in [0.25, 0.3) is 5.57 Å². The number of aromatic carboxylic acids is 1. The zero-order valence-corrected chi connectivity index (χ0v) is 11.9. The largest absolute Gasteiger partial charge is 0.478 e. The van der Waals surface area contributed by atoms with Gasteiger partial charge in [0, 0.05) is 12.4 Å². The number of hydrogen-bond acceptors (Lipinski definition) is 3. The van der Waals surface area contributed by atoms with Gasteiger partial charge in [0.1, 0.15) is 6.04 Å². The van der Waals surface area contributed by atoms with E-state index < -0.39 is 12.0 Å². The fourth-order valence-corrected chi connectivity index (χ4v) is 2.75. The highest BCUT2D eigenvalue weighted by atomic mass is 16.4. The van der Waals surface area contributed by atoms with E-state index in [-0.39, 0.29) is 11.3 Å². The topological polar surface area (TPSA) is 72.2 Å². The fourth-order valence-electron chi connectivity index (χ4n) is 2.75. The number of benzene rings is 1. The molecule has 0 saturated carbocycles. The smallest absolute Gasteiger partial charge is 0.336 e. The Labute approximate surface area is 127 Å². The Morgan fingerprint density at radius 3 is 2.73 bits per heavy atom. The Morgan fingerprint density at radius 2 is 2.05 bits per heavy atom. The van der Waals surface area contributed by atoms with Crippen molar-refractivity contribution in [2.24, 2.45) is 0 Å². The fraction of sp³-hybridized carbons (Fsp3) is 0.118. The van der Waals surface area contributed by atoms with Crippen LogP contribution in [0.2, 0.25) is 0 Å². The first-order valence-electron chi connectivity index (χ1n) is 6.82. The summed E-state index contributed by atoms with van der Waals surface area (Å²) in [4.78, 5) is 27.6. The number of rotatable bonds is 3. The van der Waals surface area contributed by atoms with Crippen LogP contribution in [0.4, 0.5) is 0 Å². The molecule has 1 aliphatic rings. The van der Waals surface area contributed by atoms with Crippen molar-refractivity contribution in [2.45, 2.75) is 13.0 Å². The summed E-state index contributed by atoms with van der Waals surface area (Å²) in [5.41, 5.74) is 2.40. The molecule has 1 atom stereocenters. The zero-order chi connectivity index (χ0) is 15.7. The molecule has 2 aromatic rings. The second kappa shape index (κ2) is 5.44. The summed E-state index contributed by atoms with van der Waals surface area (Å²) in [6.07, 6.45) is 8.11. The van der Waals surface area contributed by atoms with E-state index in [4.69, 9.17) is 0 Å². The maximum absolute atomic E-state index is 12.2. The third kappa shape index (κ3) is 2.26. The number of ketones is 1. The lowest BCUT2D eigenvalue weighted by Gasteiger charge is -2.23. The number of carboxylic acid groups (broad SMARTS) is 1. The predicted molar refractivity (Wildman–Crippen MR) is 81.4 cm³/mol. The van der Waals surface area contributed by atoms with Crippen LogP contribution >= 0.6 is 0 Å². The predicted octanol–water partition coefficient (Wildman–Crippen LogP) is 2.74. The summed E-state index contributed by atoms with van der Waals surface area (Å²) in [7, 11) is 0. The van der Waals surface area contributed by atoms with Gasteiger partial charge in [-0.05, 0) is 35.8 Å². The molecule has 110 valence electrons. The molecule has 0 fully saturated rings. The number of carbonyl (C=O) groups is 2. The molecule has 3 rings (SSSR count). The normalized spacial score (nSPS) is 17.9. The molecule has 5 nitrogen and oxygen atoms in total. The molecule has 1 aliphatic carbocycles. The quantitative estimate of drug-likeness (QED) is 0.944. The molecule has 1 aromatic heterocycles. The lowest BCUT2D eigenvalue weighted by Crippen LogP contribution is -2.21. The van der Waals surface area contributed by atoms with Crippen molar-refractivity contribution in [3.05, 3.63) is 71.8 Å². The van der Waals surface area contributed by atoms with Crippen LogP contribution in [0, 0.1) is 0 Å². The van der Waals surface area contributed by atoms with E-state index in [1.54, 1.807) is 53.6 Å². The molecule has 0 aliphatic heterocycles. The van der Waals surface area contributed by atoms with Gasteiger partial charge in [-0.1, -0.05) is 24.3 Å². The molecule has 1 N–H and O–H groups in total. The summed E-state index contributed by atoms with van der Waals surface area (Å²) in [6, 6.07) is 6.32. The number of hydrogen-bond donors (Lipinski definition) is 1. The van der Waals surface area contributed by atoms with Crippen LogP contribution in [0.3, 0.4) is 0 Å². The first-order valence-corrected chi connectivity index (χ1v) is 6.82. The average Bonchev–Trinajstić information content (AvgIpc) is 3.01. The van der Waals surface area contributed by atoms with E-state index in [2.05, 4.69) is 4.98 Å². The van der Waals surface area contributed by atoms with Crippen LogP contribution < -0.4 is 0 Å². The van der Waals surface area contributed by atoms with Gasteiger partial charge in [0.05, 0.1) is 11.9 Å². The molecular formula is C17H14N2O3. The van der Waals surface area contributed by atoms with Crippen molar-refractivity contribution in [2.75, 3.05) is 0 Å². The van der Waals surface area contributed by atoms with Gasteiger partial charge in [0.2, 0.25) is 0 Å². The van der Waals surface area contributed by atoms with Gasteiger partial charge in [-0.15, -0.1) is 0 Å². The minimum atomic E-state index is -0.986. The second-order valence-corrected chi connectivity index (χ2v) is 5.10. The summed E-state index contributed by atoms with van der Waals surface area (Å²) in [5, 5.41) is 9.36. The Bertz CT molecular complexity index is 801. The minimum absolute atomic E-state index is 0.0490. The Morgan fingerprint density at radius 1 is 1.27 bits per heavy atom. The Kier molecular flexibility index (Phi) is 3.47. The van der Waals surface area contributed by atoms with Gasteiger partial charge >= 0.3 is 5.97 Å². The molecule has 0 bridgehead atoms. The van der Waals surface area contributed by atoms with E-state index in [9.17, 15) is 14.7 Å². The van der Waals surface area contributed by atoms with Crippen molar-refractivity contribution >= 4 is 17.3 Å². The molecule has 0 amide bonds. The van der Waals surface area contributed by atoms with Crippen molar-refractivity contribution in [1.82, 2.24) is 9.55 Å². The van der Waals surface area contributed by atoms with E-state index in [1.807, 2.05) is 6.92 Å². The Balaban J connectivity index is 2.16. The van der Waals surface area contributed by atoms with Gasteiger partial charge in [-0.25, -0.2) is 9.78 Å². The van der Waals surface area contributed by atoms with Crippen molar-refractivity contribution < 1.29 is 14.7 Å². The van der Waals surface area contributed by atoms with E-state index in [0.29, 0.717) is 5.56 Å². The SMILES string of the molecule is CC1=C(c2ccccc2C(=O)O)C=CC(=O)C1n1ccnc1. The monoisotopic (exact) mass is 294 g/mol. The number of carboxylic acids is 1. The highest BCUT2D eigenvalue weighted by molar-refractivity contribution is 6.05. The summed E-state index contributed by atoms with van der Waals surface area (Å²) in [6.45, 7) is 1.85. The third-order valence-electron chi connectivity index (χ3n) is 3.79. The van der Waals surface area contributed by atoms with Crippen LogP contribution in [0.5, 0.6) is 0 Å². The zero-order valence-electron chi connectivity index (χ0n) is 11.9. The standard InChI is InChI=1S/C17H14N2O3/c1-11-12(13-4-2-3-5-14(13)17(21)22)6-7-15(20)16(11)19-9-8-18-10-19/h2-10,16H,1H3,(H,21,22). The van der Waals surface area contributed by atoms with Gasteiger partial charge in [-0.3, -0.25) is 4.79 Å². The van der Waals surface area contributed by atoms with E-state index in [1.165, 1.54) is 6.08 Å². The van der Waals surface area contributed by atoms with Crippen LogP contribution in [0.1, 0.15) is 28.9 Å². The summed E-state index contributed by atoms with van der Waals surface area (Å²) in [5.74, 6) is -1.03. The van der Waals surface area contributed by atoms with Gasteiger partial charge in [0.15, 0.2) is 5.78 Å². The van der Waals surface area contributed by atoms with Gasteiger partial charge < -0.3 is 9.67 Å². The van der Waals surface area contributed by atoms with Crippen LogP contribution in [0.15, 0.2) is 60.7 Å². The lowest BCUT2D eigenvalue weighted by atomic mass is 9.87. The second-order valence-electron chi connectivity index (χ2n) is 5.10. The maximum atomic E-state index is 12.2. The molecule has 1 aromatic carbocycles. The summed E-state index contributed by atoms with van der Waals surface area (Å²) < 4.78 is 1.73. The molecule has 5 heteroatoms. The highest BCUT2D eigenvalue weighted by Crippen LogP contribution is 2.34. The first-order chi connectivity index (χ1) is 10.6. The summed E-state index contributed by atoms with van der Waals surface area (Å²) >= 11 is 0. The number of nitrogens with zero attached hydrogens (tertiary/aromatic N) is 2. The molecule has 0 spiro atoms. The maximum Gasteiger partial charge on any atom is 0.336 e. The van der Waals surface area contributed by atoms with E-state index in [0.717, 1.165) is 11.1 Å². The van der Waals surface area contributed by atoms with Crippen LogP contribution in [-0.2, 0) is 4.79 Å². The molecule has 1 heterocycles. The molecule has 22 heavy (non-hydrogen) atoms. The lowest BCUT2D eigenvalue weighted by molar-refractivity contribution is -0.116. The molecule has 0 radical (unpaired) electrons. The highest BCUT2D eigenvalue weighted by Gasteiger charge is 2.27. The molecule has 0 saturated heterocycles.